The van der Waals surface area contributed by atoms with Gasteiger partial charge in [-0.25, -0.2) is 15.0 Å². The second-order valence-corrected chi connectivity index (χ2v) is 6.74. The molecule has 6 nitrogen and oxygen atoms in total. The number of nitrogens with one attached hydrogen (secondary N) is 1. The van der Waals surface area contributed by atoms with Crippen LogP contribution in [0.5, 0.6) is 0 Å². The number of fused-ring (bicyclic) bond motifs is 3. The Hall–Kier alpha value is -2.32. The lowest BCUT2D eigenvalue weighted by molar-refractivity contribution is 0.967. The Morgan fingerprint density at radius 2 is 1.96 bits per heavy atom. The van der Waals surface area contributed by atoms with Crippen LogP contribution in [0.4, 0.5) is 5.82 Å². The van der Waals surface area contributed by atoms with E-state index in [9.17, 15) is 4.79 Å². The summed E-state index contributed by atoms with van der Waals surface area (Å²) in [5.74, 6) is 0.676. The molecule has 0 radical (unpaired) electrons. The van der Waals surface area contributed by atoms with Crippen LogP contribution in [0.2, 0.25) is 0 Å². The maximum atomic E-state index is 12.8. The number of benzene rings is 1. The Morgan fingerprint density at radius 1 is 1.17 bits per heavy atom. The number of anilines is 1. The molecule has 0 saturated heterocycles. The first-order valence-corrected chi connectivity index (χ1v) is 8.38. The molecule has 0 atom stereocenters. The van der Waals surface area contributed by atoms with Gasteiger partial charge in [-0.15, -0.1) is 11.3 Å². The fourth-order valence-electron chi connectivity index (χ4n) is 2.44. The van der Waals surface area contributed by atoms with E-state index in [2.05, 4.69) is 36.2 Å². The van der Waals surface area contributed by atoms with Crippen LogP contribution in [0, 0.1) is 0 Å². The normalized spacial score (nSPS) is 11.2. The van der Waals surface area contributed by atoms with Gasteiger partial charge in [0.15, 0.2) is 0 Å². The van der Waals surface area contributed by atoms with Crippen molar-refractivity contribution in [1.29, 1.82) is 0 Å². The zero-order chi connectivity index (χ0) is 16.0. The van der Waals surface area contributed by atoms with Gasteiger partial charge in [0.25, 0.3) is 5.56 Å². The summed E-state index contributed by atoms with van der Waals surface area (Å²) in [6.45, 7) is 0. The molecule has 114 valence electrons. The number of thiophene rings is 1. The molecule has 23 heavy (non-hydrogen) atoms. The number of rotatable bonds is 2. The Balaban J connectivity index is 2.04. The predicted molar refractivity (Wildman–Crippen MR) is 95.6 cm³/mol. The molecule has 0 amide bonds. The minimum Gasteiger partial charge on any atom is -0.372 e. The molecule has 8 heteroatoms. The Bertz CT molecular complexity index is 1090. The Kier molecular flexibility index (Phi) is 3.35. The molecule has 0 bridgehead atoms. The second kappa shape index (κ2) is 5.39. The summed E-state index contributed by atoms with van der Waals surface area (Å²) in [6, 6.07) is 7.51. The molecule has 0 unspecified atom stereocenters. The summed E-state index contributed by atoms with van der Waals surface area (Å²) >= 11 is 4.73. The van der Waals surface area contributed by atoms with Crippen molar-refractivity contribution < 1.29 is 0 Å². The van der Waals surface area contributed by atoms with Gasteiger partial charge in [-0.1, -0.05) is 15.9 Å². The van der Waals surface area contributed by atoms with E-state index in [1.54, 1.807) is 13.4 Å². The molecule has 0 aliphatic rings. The van der Waals surface area contributed by atoms with Crippen LogP contribution in [0.3, 0.4) is 0 Å². The van der Waals surface area contributed by atoms with Crippen molar-refractivity contribution in [3.05, 3.63) is 51.7 Å². The first-order valence-electron chi connectivity index (χ1n) is 6.77. The molecule has 1 aromatic carbocycles. The predicted octanol–water partition coefficient (Wildman–Crippen LogP) is 3.19. The van der Waals surface area contributed by atoms with Crippen LogP contribution in [0.25, 0.3) is 26.1 Å². The summed E-state index contributed by atoms with van der Waals surface area (Å²) in [4.78, 5) is 26.5. The first-order chi connectivity index (χ1) is 11.2. The van der Waals surface area contributed by atoms with Crippen LogP contribution in [-0.2, 0) is 0 Å². The average molecular weight is 388 g/mol. The molecule has 0 aliphatic carbocycles. The highest BCUT2D eigenvalue weighted by atomic mass is 79.9. The number of aromatic nitrogens is 4. The van der Waals surface area contributed by atoms with Gasteiger partial charge in [0.1, 0.15) is 33.5 Å². The van der Waals surface area contributed by atoms with Crippen LogP contribution in [0.1, 0.15) is 0 Å². The van der Waals surface area contributed by atoms with E-state index in [0.717, 1.165) is 20.4 Å². The average Bonchev–Trinajstić information content (AvgIpc) is 2.96. The molecule has 3 heterocycles. The molecule has 4 aromatic rings. The molecule has 0 spiro atoms. The lowest BCUT2D eigenvalue weighted by atomic mass is 10.3. The van der Waals surface area contributed by atoms with E-state index in [1.165, 1.54) is 22.2 Å². The lowest BCUT2D eigenvalue weighted by Gasteiger charge is -2.05. The summed E-state index contributed by atoms with van der Waals surface area (Å²) in [7, 11) is 1.79. The van der Waals surface area contributed by atoms with E-state index in [4.69, 9.17) is 0 Å². The maximum Gasteiger partial charge on any atom is 0.275 e. The van der Waals surface area contributed by atoms with E-state index in [1.807, 2.05) is 24.3 Å². The Morgan fingerprint density at radius 3 is 2.70 bits per heavy atom. The smallest absolute Gasteiger partial charge is 0.275 e. The Labute approximate surface area is 143 Å². The van der Waals surface area contributed by atoms with Crippen molar-refractivity contribution in [3.8, 4) is 5.69 Å². The van der Waals surface area contributed by atoms with Crippen LogP contribution in [0.15, 0.2) is 46.2 Å². The molecule has 3 aromatic heterocycles. The third-order valence-corrected chi connectivity index (χ3v) is 5.12. The van der Waals surface area contributed by atoms with Crippen molar-refractivity contribution in [2.45, 2.75) is 0 Å². The number of hydrogen-bond donors (Lipinski definition) is 1. The van der Waals surface area contributed by atoms with Gasteiger partial charge in [0.2, 0.25) is 0 Å². The van der Waals surface area contributed by atoms with Gasteiger partial charge < -0.3 is 5.32 Å². The van der Waals surface area contributed by atoms with E-state index >= 15 is 0 Å². The molecular weight excluding hydrogens is 378 g/mol. The van der Waals surface area contributed by atoms with Crippen molar-refractivity contribution >= 4 is 53.5 Å². The summed E-state index contributed by atoms with van der Waals surface area (Å²) in [5, 5.41) is 3.81. The zero-order valence-electron chi connectivity index (χ0n) is 11.9. The fourth-order valence-corrected chi connectivity index (χ4v) is 3.73. The minimum absolute atomic E-state index is 0.109. The third kappa shape index (κ3) is 2.22. The third-order valence-electron chi connectivity index (χ3n) is 3.52. The lowest BCUT2D eigenvalue weighted by Crippen LogP contribution is -2.17. The number of nitrogens with zero attached hydrogens (tertiary/aromatic N) is 4. The molecule has 4 rings (SSSR count). The van der Waals surface area contributed by atoms with Crippen LogP contribution in [-0.4, -0.2) is 26.6 Å². The number of hydrogen-bond acceptors (Lipinski definition) is 6. The van der Waals surface area contributed by atoms with Gasteiger partial charge >= 0.3 is 0 Å². The molecule has 0 fully saturated rings. The van der Waals surface area contributed by atoms with Crippen molar-refractivity contribution in [2.24, 2.45) is 0 Å². The van der Waals surface area contributed by atoms with Crippen molar-refractivity contribution in [1.82, 2.24) is 19.5 Å². The molecular formula is C15H10BrN5OS. The monoisotopic (exact) mass is 387 g/mol. The molecule has 0 aliphatic heterocycles. The van der Waals surface area contributed by atoms with Gasteiger partial charge in [0.05, 0.1) is 11.1 Å². The van der Waals surface area contributed by atoms with Crippen LogP contribution >= 0.6 is 27.3 Å². The SMILES string of the molecule is CNc1ncnc2sc3c(=O)n(-c4ccc(Br)cc4)cnc3c12. The molecule has 0 saturated carbocycles. The second-order valence-electron chi connectivity index (χ2n) is 4.83. The summed E-state index contributed by atoms with van der Waals surface area (Å²) in [5.41, 5.74) is 1.29. The van der Waals surface area contributed by atoms with Gasteiger partial charge in [0, 0.05) is 11.5 Å². The highest BCUT2D eigenvalue weighted by molar-refractivity contribution is 9.10. The highest BCUT2D eigenvalue weighted by Gasteiger charge is 2.16. The molecule has 1 N–H and O–H groups in total. The van der Waals surface area contributed by atoms with Gasteiger partial charge in [-0.3, -0.25) is 9.36 Å². The van der Waals surface area contributed by atoms with Crippen molar-refractivity contribution in [2.75, 3.05) is 12.4 Å². The van der Waals surface area contributed by atoms with E-state index in [-0.39, 0.29) is 5.56 Å². The maximum absolute atomic E-state index is 12.8. The van der Waals surface area contributed by atoms with E-state index in [0.29, 0.717) is 16.0 Å². The van der Waals surface area contributed by atoms with Gasteiger partial charge in [-0.05, 0) is 24.3 Å². The first kappa shape index (κ1) is 14.3. The van der Waals surface area contributed by atoms with Crippen molar-refractivity contribution in [3.63, 3.8) is 0 Å². The topological polar surface area (TPSA) is 72.7 Å². The summed E-state index contributed by atoms with van der Waals surface area (Å²) in [6.07, 6.45) is 3.03. The fraction of sp³-hybridized carbons (Fsp3) is 0.0667. The quantitative estimate of drug-likeness (QED) is 0.571. The van der Waals surface area contributed by atoms with Crippen LogP contribution < -0.4 is 10.9 Å². The standard InChI is InChI=1S/C15H10BrN5OS/c1-17-13-10-11-12(23-14(10)19-6-18-13)15(22)21(7-20-11)9-4-2-8(16)3-5-9/h2-7H,1H3,(H,17,18,19). The minimum atomic E-state index is -0.109. The number of halogens is 1. The zero-order valence-corrected chi connectivity index (χ0v) is 14.3. The van der Waals surface area contributed by atoms with E-state index < -0.39 is 0 Å². The largest absolute Gasteiger partial charge is 0.372 e. The summed E-state index contributed by atoms with van der Waals surface area (Å²) < 4.78 is 3.07. The van der Waals surface area contributed by atoms with Gasteiger partial charge in [-0.2, -0.15) is 0 Å². The highest BCUT2D eigenvalue weighted by Crippen LogP contribution is 2.32.